The number of anilines is 1. The van der Waals surface area contributed by atoms with Crippen LogP contribution in [0.5, 0.6) is 0 Å². The molecule has 1 fully saturated rings. The van der Waals surface area contributed by atoms with Crippen LogP contribution in [-0.4, -0.2) is 29.5 Å². The number of benzene rings is 1. The van der Waals surface area contributed by atoms with Gasteiger partial charge in [0, 0.05) is 5.69 Å². The van der Waals surface area contributed by atoms with Gasteiger partial charge in [-0.25, -0.2) is 4.79 Å². The molecule has 4 nitrogen and oxygen atoms in total. The van der Waals surface area contributed by atoms with Crippen LogP contribution < -0.4 is 10.6 Å². The molecule has 0 bridgehead atoms. The van der Waals surface area contributed by atoms with E-state index in [1.807, 2.05) is 0 Å². The molecule has 0 heterocycles. The normalized spacial score (nSPS) is 17.3. The Labute approximate surface area is 126 Å². The quantitative estimate of drug-likeness (QED) is 0.799. The number of carbonyl (C=O) groups excluding carboxylic acids is 1. The predicted octanol–water partition coefficient (Wildman–Crippen LogP) is 3.22. The number of rotatable bonds is 4. The molecule has 2 amide bonds. The molecule has 1 aliphatic carbocycles. The lowest BCUT2D eigenvalue weighted by atomic mass is 9.99. The Morgan fingerprint density at radius 3 is 2.45 bits per heavy atom. The highest BCUT2D eigenvalue weighted by Gasteiger charge is 2.35. The van der Waals surface area contributed by atoms with Crippen molar-refractivity contribution in [3.05, 3.63) is 29.8 Å². The molecule has 0 spiro atoms. The van der Waals surface area contributed by atoms with Crippen LogP contribution >= 0.6 is 0 Å². The smallest absolute Gasteiger partial charge is 0.393 e. The summed E-state index contributed by atoms with van der Waals surface area (Å²) in [5.74, 6) is 0. The highest BCUT2D eigenvalue weighted by Crippen LogP contribution is 2.30. The maximum absolute atomic E-state index is 12.5. The van der Waals surface area contributed by atoms with E-state index in [4.69, 9.17) is 0 Å². The van der Waals surface area contributed by atoms with Gasteiger partial charge >= 0.3 is 12.2 Å². The molecule has 0 saturated heterocycles. The van der Waals surface area contributed by atoms with E-state index in [0.717, 1.165) is 12.8 Å². The molecular formula is C15H19F3N2O2. The number of aliphatic hydroxyl groups is 1. The number of urea groups is 1. The van der Waals surface area contributed by atoms with E-state index in [9.17, 15) is 23.1 Å². The van der Waals surface area contributed by atoms with Crippen molar-refractivity contribution < 1.29 is 23.1 Å². The van der Waals surface area contributed by atoms with Gasteiger partial charge in [-0.15, -0.1) is 0 Å². The zero-order valence-corrected chi connectivity index (χ0v) is 12.0. The minimum Gasteiger partial charge on any atom is -0.394 e. The molecule has 3 N–H and O–H groups in total. The Bertz CT molecular complexity index is 526. The molecule has 1 saturated carbocycles. The summed E-state index contributed by atoms with van der Waals surface area (Å²) in [6.45, 7) is -0.176. The molecular weight excluding hydrogens is 297 g/mol. The van der Waals surface area contributed by atoms with Gasteiger partial charge in [0.25, 0.3) is 0 Å². The van der Waals surface area contributed by atoms with Crippen molar-refractivity contribution in [3.63, 3.8) is 0 Å². The van der Waals surface area contributed by atoms with Crippen molar-refractivity contribution in [2.75, 3.05) is 11.9 Å². The largest absolute Gasteiger partial charge is 0.394 e. The predicted molar refractivity (Wildman–Crippen MR) is 76.6 cm³/mol. The molecule has 122 valence electrons. The Hall–Kier alpha value is -1.76. The summed E-state index contributed by atoms with van der Waals surface area (Å²) in [6.07, 6.45) is -2.29. The van der Waals surface area contributed by atoms with Crippen LogP contribution in [0.15, 0.2) is 24.3 Å². The molecule has 1 aliphatic rings. The highest BCUT2D eigenvalue weighted by atomic mass is 19.4. The van der Waals surface area contributed by atoms with Gasteiger partial charge < -0.3 is 15.7 Å². The molecule has 2 rings (SSSR count). The van der Waals surface area contributed by atoms with Crippen LogP contribution in [0.4, 0.5) is 23.7 Å². The number of hydrogen-bond acceptors (Lipinski definition) is 2. The third-order valence-electron chi connectivity index (χ3n) is 3.90. The van der Waals surface area contributed by atoms with Crippen LogP contribution in [0.2, 0.25) is 0 Å². The maximum atomic E-state index is 12.5. The molecule has 1 aromatic rings. The molecule has 0 aromatic heterocycles. The minimum atomic E-state index is -4.34. The zero-order chi connectivity index (χ0) is 16.2. The van der Waals surface area contributed by atoms with E-state index >= 15 is 0 Å². The first-order valence-corrected chi connectivity index (χ1v) is 7.18. The summed E-state index contributed by atoms with van der Waals surface area (Å²) in [5, 5.41) is 14.6. The Morgan fingerprint density at radius 1 is 1.23 bits per heavy atom. The van der Waals surface area contributed by atoms with Gasteiger partial charge in [-0.2, -0.15) is 13.2 Å². The third-order valence-corrected chi connectivity index (χ3v) is 3.90. The fourth-order valence-electron chi connectivity index (χ4n) is 2.78. The number of para-hydroxylation sites is 1. The van der Waals surface area contributed by atoms with Crippen molar-refractivity contribution in [2.45, 2.75) is 43.8 Å². The Kier molecular flexibility index (Phi) is 4.95. The topological polar surface area (TPSA) is 61.4 Å². The average Bonchev–Trinajstić information content (AvgIpc) is 2.88. The van der Waals surface area contributed by atoms with Crippen molar-refractivity contribution in [1.29, 1.82) is 0 Å². The first kappa shape index (κ1) is 16.6. The molecule has 0 radical (unpaired) electrons. The Morgan fingerprint density at radius 2 is 1.86 bits per heavy atom. The van der Waals surface area contributed by atoms with E-state index in [0.29, 0.717) is 12.8 Å². The first-order chi connectivity index (χ1) is 10.3. The second-order valence-corrected chi connectivity index (χ2v) is 5.67. The summed E-state index contributed by atoms with van der Waals surface area (Å²) in [5.41, 5.74) is -0.527. The monoisotopic (exact) mass is 316 g/mol. The fraction of sp³-hybridized carbons (Fsp3) is 0.533. The molecule has 7 heteroatoms. The van der Waals surface area contributed by atoms with Gasteiger partial charge in [0.15, 0.2) is 0 Å². The van der Waals surface area contributed by atoms with Crippen LogP contribution in [-0.2, 0) is 6.42 Å². The van der Waals surface area contributed by atoms with Gasteiger partial charge in [-0.1, -0.05) is 31.0 Å². The van der Waals surface area contributed by atoms with E-state index in [2.05, 4.69) is 10.6 Å². The standard InChI is InChI=1S/C15H19F3N2O2/c16-15(17,18)9-11-5-1-2-6-12(11)19-13(22)20-14(10-21)7-3-4-8-14/h1-2,5-6,21H,3-4,7-10H2,(H2,19,20,22). The molecule has 0 unspecified atom stereocenters. The summed E-state index contributed by atoms with van der Waals surface area (Å²) in [7, 11) is 0. The van der Waals surface area contributed by atoms with E-state index in [1.165, 1.54) is 18.2 Å². The van der Waals surface area contributed by atoms with Crippen molar-refractivity contribution in [3.8, 4) is 0 Å². The fourth-order valence-corrected chi connectivity index (χ4v) is 2.78. The lowest BCUT2D eigenvalue weighted by Crippen LogP contribution is -2.50. The van der Waals surface area contributed by atoms with Crippen LogP contribution in [0, 0.1) is 0 Å². The molecule has 22 heavy (non-hydrogen) atoms. The van der Waals surface area contributed by atoms with Crippen LogP contribution in [0.1, 0.15) is 31.2 Å². The number of halogens is 3. The zero-order valence-electron chi connectivity index (χ0n) is 12.0. The SMILES string of the molecule is O=C(Nc1ccccc1CC(F)(F)F)NC1(CO)CCCC1. The molecule has 0 atom stereocenters. The molecule has 0 aliphatic heterocycles. The van der Waals surface area contributed by atoms with Gasteiger partial charge in [0.05, 0.1) is 18.6 Å². The van der Waals surface area contributed by atoms with Crippen LogP contribution in [0.25, 0.3) is 0 Å². The lowest BCUT2D eigenvalue weighted by Gasteiger charge is -2.28. The molecule has 1 aromatic carbocycles. The number of aliphatic hydroxyl groups excluding tert-OH is 1. The number of amides is 2. The minimum absolute atomic E-state index is 0.00891. The number of carbonyl (C=O) groups is 1. The summed E-state index contributed by atoms with van der Waals surface area (Å²) < 4.78 is 37.6. The number of nitrogens with one attached hydrogen (secondary N) is 2. The summed E-state index contributed by atoms with van der Waals surface area (Å²) in [4.78, 5) is 12.0. The Balaban J connectivity index is 2.05. The summed E-state index contributed by atoms with van der Waals surface area (Å²) >= 11 is 0. The van der Waals surface area contributed by atoms with E-state index in [-0.39, 0.29) is 17.9 Å². The summed E-state index contributed by atoms with van der Waals surface area (Å²) in [6, 6.07) is 5.23. The van der Waals surface area contributed by atoms with Crippen molar-refractivity contribution in [1.82, 2.24) is 5.32 Å². The van der Waals surface area contributed by atoms with Crippen LogP contribution in [0.3, 0.4) is 0 Å². The lowest BCUT2D eigenvalue weighted by molar-refractivity contribution is -0.127. The van der Waals surface area contributed by atoms with E-state index in [1.54, 1.807) is 6.07 Å². The maximum Gasteiger partial charge on any atom is 0.393 e. The number of alkyl halides is 3. The highest BCUT2D eigenvalue weighted by molar-refractivity contribution is 5.90. The van der Waals surface area contributed by atoms with Gasteiger partial charge in [0.1, 0.15) is 0 Å². The average molecular weight is 316 g/mol. The number of hydrogen-bond donors (Lipinski definition) is 3. The van der Waals surface area contributed by atoms with Gasteiger partial charge in [-0.3, -0.25) is 0 Å². The van der Waals surface area contributed by atoms with Crippen molar-refractivity contribution in [2.24, 2.45) is 0 Å². The third kappa shape index (κ3) is 4.37. The second kappa shape index (κ2) is 6.56. The van der Waals surface area contributed by atoms with Gasteiger partial charge in [-0.05, 0) is 24.5 Å². The van der Waals surface area contributed by atoms with Crippen molar-refractivity contribution >= 4 is 11.7 Å². The van der Waals surface area contributed by atoms with E-state index < -0.39 is 24.2 Å². The second-order valence-electron chi connectivity index (χ2n) is 5.67. The first-order valence-electron chi connectivity index (χ1n) is 7.18. The van der Waals surface area contributed by atoms with Gasteiger partial charge in [0.2, 0.25) is 0 Å².